The van der Waals surface area contributed by atoms with Gasteiger partial charge in [0, 0.05) is 25.5 Å². The minimum absolute atomic E-state index is 0.0106. The summed E-state index contributed by atoms with van der Waals surface area (Å²) in [5.41, 5.74) is 1.45. The number of rotatable bonds is 2. The maximum Gasteiger partial charge on any atom is 0.308 e. The van der Waals surface area contributed by atoms with E-state index in [4.69, 9.17) is 4.74 Å². The van der Waals surface area contributed by atoms with Crippen molar-refractivity contribution in [3.63, 3.8) is 0 Å². The fourth-order valence-corrected chi connectivity index (χ4v) is 2.53. The molecule has 1 saturated heterocycles. The Bertz CT molecular complexity index is 623. The maximum atomic E-state index is 11.5. The van der Waals surface area contributed by atoms with Gasteiger partial charge in [0.15, 0.2) is 5.65 Å². The third-order valence-corrected chi connectivity index (χ3v) is 3.67. The van der Waals surface area contributed by atoms with Crippen molar-refractivity contribution in [3.05, 3.63) is 24.5 Å². The Morgan fingerprint density at radius 3 is 2.75 bits per heavy atom. The van der Waals surface area contributed by atoms with Crippen LogP contribution in [0.15, 0.2) is 24.5 Å². The molecule has 2 aromatic heterocycles. The van der Waals surface area contributed by atoms with Gasteiger partial charge in [-0.1, -0.05) is 0 Å². The second-order valence-corrected chi connectivity index (χ2v) is 4.85. The molecule has 0 N–H and O–H groups in total. The van der Waals surface area contributed by atoms with Crippen LogP contribution in [0.1, 0.15) is 12.8 Å². The molecular formula is C14H16N4O2. The molecule has 0 radical (unpaired) electrons. The Hall–Kier alpha value is -2.24. The topological polar surface area (TPSA) is 68.2 Å². The van der Waals surface area contributed by atoms with E-state index in [1.807, 2.05) is 12.1 Å². The highest BCUT2D eigenvalue weighted by atomic mass is 16.5. The second kappa shape index (κ2) is 5.40. The fourth-order valence-electron chi connectivity index (χ4n) is 2.53. The monoisotopic (exact) mass is 272 g/mol. The summed E-state index contributed by atoms with van der Waals surface area (Å²) in [6, 6.07) is 3.88. The van der Waals surface area contributed by atoms with E-state index in [9.17, 15) is 4.79 Å². The molecule has 6 heteroatoms. The molecule has 104 valence electrons. The van der Waals surface area contributed by atoms with Crippen molar-refractivity contribution in [3.8, 4) is 0 Å². The first-order valence-electron chi connectivity index (χ1n) is 6.68. The van der Waals surface area contributed by atoms with Crippen molar-refractivity contribution in [1.82, 2.24) is 15.0 Å². The third-order valence-electron chi connectivity index (χ3n) is 3.67. The number of ether oxygens (including phenoxy) is 1. The SMILES string of the molecule is COC(=O)C1CCN(c2ccc3nccnc3n2)CC1. The first-order chi connectivity index (χ1) is 9.78. The van der Waals surface area contributed by atoms with Crippen LogP contribution in [0, 0.1) is 5.92 Å². The van der Waals surface area contributed by atoms with Gasteiger partial charge >= 0.3 is 5.97 Å². The van der Waals surface area contributed by atoms with Crippen molar-refractivity contribution < 1.29 is 9.53 Å². The van der Waals surface area contributed by atoms with Gasteiger partial charge in [0.2, 0.25) is 0 Å². The van der Waals surface area contributed by atoms with Crippen LogP contribution in [-0.4, -0.2) is 41.1 Å². The molecule has 0 amide bonds. The Kier molecular flexibility index (Phi) is 3.45. The van der Waals surface area contributed by atoms with E-state index in [1.54, 1.807) is 12.4 Å². The van der Waals surface area contributed by atoms with Gasteiger partial charge in [0.1, 0.15) is 11.3 Å². The minimum atomic E-state index is -0.109. The summed E-state index contributed by atoms with van der Waals surface area (Å²) < 4.78 is 4.80. The Balaban J connectivity index is 1.75. The summed E-state index contributed by atoms with van der Waals surface area (Å²) in [4.78, 5) is 26.6. The van der Waals surface area contributed by atoms with Gasteiger partial charge in [-0.2, -0.15) is 0 Å². The summed E-state index contributed by atoms with van der Waals surface area (Å²) in [5, 5.41) is 0. The van der Waals surface area contributed by atoms with Gasteiger partial charge in [0.25, 0.3) is 0 Å². The number of fused-ring (bicyclic) bond motifs is 1. The van der Waals surface area contributed by atoms with Crippen LogP contribution in [0.2, 0.25) is 0 Å². The van der Waals surface area contributed by atoms with Crippen LogP contribution < -0.4 is 4.90 Å². The van der Waals surface area contributed by atoms with Gasteiger partial charge in [-0.15, -0.1) is 0 Å². The molecule has 0 spiro atoms. The van der Waals surface area contributed by atoms with Crippen molar-refractivity contribution in [2.75, 3.05) is 25.1 Å². The molecule has 20 heavy (non-hydrogen) atoms. The van der Waals surface area contributed by atoms with Crippen molar-refractivity contribution in [2.45, 2.75) is 12.8 Å². The summed E-state index contributed by atoms with van der Waals surface area (Å²) >= 11 is 0. The Morgan fingerprint density at radius 1 is 1.25 bits per heavy atom. The van der Waals surface area contributed by atoms with E-state index >= 15 is 0 Å². The number of piperidine rings is 1. The van der Waals surface area contributed by atoms with Crippen LogP contribution in [-0.2, 0) is 9.53 Å². The average molecular weight is 272 g/mol. The number of hydrogen-bond donors (Lipinski definition) is 0. The first kappa shape index (κ1) is 12.8. The van der Waals surface area contributed by atoms with E-state index in [2.05, 4.69) is 19.9 Å². The number of anilines is 1. The van der Waals surface area contributed by atoms with Crippen LogP contribution in [0.4, 0.5) is 5.82 Å². The number of hydrogen-bond acceptors (Lipinski definition) is 6. The van der Waals surface area contributed by atoms with Crippen LogP contribution >= 0.6 is 0 Å². The minimum Gasteiger partial charge on any atom is -0.469 e. The quantitative estimate of drug-likeness (QED) is 0.770. The molecule has 2 aromatic rings. The number of esters is 1. The van der Waals surface area contributed by atoms with Gasteiger partial charge in [-0.05, 0) is 25.0 Å². The van der Waals surface area contributed by atoms with Gasteiger partial charge in [-0.3, -0.25) is 9.78 Å². The second-order valence-electron chi connectivity index (χ2n) is 4.85. The predicted octanol–water partition coefficient (Wildman–Crippen LogP) is 1.41. The Labute approximate surface area is 116 Å². The van der Waals surface area contributed by atoms with E-state index in [1.165, 1.54) is 7.11 Å². The maximum absolute atomic E-state index is 11.5. The zero-order valence-electron chi connectivity index (χ0n) is 11.3. The van der Waals surface area contributed by atoms with Crippen molar-refractivity contribution >= 4 is 23.0 Å². The highest BCUT2D eigenvalue weighted by molar-refractivity contribution is 5.73. The van der Waals surface area contributed by atoms with Crippen LogP contribution in [0.25, 0.3) is 11.2 Å². The van der Waals surface area contributed by atoms with Gasteiger partial charge < -0.3 is 9.64 Å². The van der Waals surface area contributed by atoms with E-state index in [-0.39, 0.29) is 11.9 Å². The van der Waals surface area contributed by atoms with Crippen LogP contribution in [0.3, 0.4) is 0 Å². The third kappa shape index (κ3) is 2.41. The van der Waals surface area contributed by atoms with E-state index in [0.717, 1.165) is 37.3 Å². The number of methoxy groups -OCH3 is 1. The lowest BCUT2D eigenvalue weighted by Gasteiger charge is -2.31. The lowest BCUT2D eigenvalue weighted by Crippen LogP contribution is -2.37. The highest BCUT2D eigenvalue weighted by Gasteiger charge is 2.26. The van der Waals surface area contributed by atoms with Crippen molar-refractivity contribution in [2.24, 2.45) is 5.92 Å². The molecule has 6 nitrogen and oxygen atoms in total. The number of carbonyl (C=O) groups is 1. The zero-order chi connectivity index (χ0) is 13.9. The number of carbonyl (C=O) groups excluding carboxylic acids is 1. The molecule has 0 aromatic carbocycles. The lowest BCUT2D eigenvalue weighted by atomic mass is 9.97. The summed E-state index contributed by atoms with van der Waals surface area (Å²) in [5.74, 6) is 0.791. The predicted molar refractivity (Wildman–Crippen MR) is 74.3 cm³/mol. The molecule has 1 fully saturated rings. The molecule has 0 atom stereocenters. The first-order valence-corrected chi connectivity index (χ1v) is 6.68. The molecule has 0 unspecified atom stereocenters. The summed E-state index contributed by atoms with van der Waals surface area (Å²) in [7, 11) is 1.44. The number of nitrogens with zero attached hydrogens (tertiary/aromatic N) is 4. The smallest absolute Gasteiger partial charge is 0.308 e. The number of aromatic nitrogens is 3. The molecule has 1 aliphatic rings. The Morgan fingerprint density at radius 2 is 2.00 bits per heavy atom. The van der Waals surface area contributed by atoms with E-state index < -0.39 is 0 Å². The molecule has 1 aliphatic heterocycles. The lowest BCUT2D eigenvalue weighted by molar-refractivity contribution is -0.146. The molecule has 0 bridgehead atoms. The molecule has 3 heterocycles. The molecule has 0 saturated carbocycles. The van der Waals surface area contributed by atoms with E-state index in [0.29, 0.717) is 5.65 Å². The normalized spacial score (nSPS) is 16.4. The molecule has 3 rings (SSSR count). The van der Waals surface area contributed by atoms with Crippen molar-refractivity contribution in [1.29, 1.82) is 0 Å². The highest BCUT2D eigenvalue weighted by Crippen LogP contribution is 2.23. The van der Waals surface area contributed by atoms with Crippen LogP contribution in [0.5, 0.6) is 0 Å². The average Bonchev–Trinajstić information content (AvgIpc) is 2.54. The standard InChI is InChI=1S/C14H16N4O2/c1-20-14(19)10-4-8-18(9-5-10)12-3-2-11-13(17-12)16-7-6-15-11/h2-3,6-7,10H,4-5,8-9H2,1H3. The number of pyridine rings is 1. The largest absolute Gasteiger partial charge is 0.469 e. The molecule has 0 aliphatic carbocycles. The summed E-state index contributed by atoms with van der Waals surface area (Å²) in [6.45, 7) is 1.61. The molecular weight excluding hydrogens is 256 g/mol. The van der Waals surface area contributed by atoms with Gasteiger partial charge in [0.05, 0.1) is 13.0 Å². The fraction of sp³-hybridized carbons (Fsp3) is 0.429. The zero-order valence-corrected chi connectivity index (χ0v) is 11.3. The van der Waals surface area contributed by atoms with Gasteiger partial charge in [-0.25, -0.2) is 9.97 Å². The summed E-state index contributed by atoms with van der Waals surface area (Å²) in [6.07, 6.45) is 4.90.